The maximum atomic E-state index is 3.74. The number of benzene rings is 2. The van der Waals surface area contributed by atoms with Crippen molar-refractivity contribution in [2.24, 2.45) is 0 Å². The summed E-state index contributed by atoms with van der Waals surface area (Å²) < 4.78 is 0. The molecule has 21 heavy (non-hydrogen) atoms. The summed E-state index contributed by atoms with van der Waals surface area (Å²) in [5, 5.41) is 3.74. The van der Waals surface area contributed by atoms with E-state index >= 15 is 0 Å². The first kappa shape index (κ1) is 14.3. The van der Waals surface area contributed by atoms with E-state index in [0.29, 0.717) is 12.0 Å². The van der Waals surface area contributed by atoms with Crippen LogP contribution in [0.1, 0.15) is 48.4 Å². The molecule has 1 aliphatic rings. The highest BCUT2D eigenvalue weighted by atomic mass is 14.9. The minimum absolute atomic E-state index is 0.539. The third kappa shape index (κ3) is 3.19. The van der Waals surface area contributed by atoms with Gasteiger partial charge in [-0.05, 0) is 41.0 Å². The van der Waals surface area contributed by atoms with Crippen LogP contribution in [0.3, 0.4) is 0 Å². The summed E-state index contributed by atoms with van der Waals surface area (Å²) in [7, 11) is 0. The van der Waals surface area contributed by atoms with Gasteiger partial charge in [0.15, 0.2) is 0 Å². The average molecular weight is 279 g/mol. The van der Waals surface area contributed by atoms with Crippen LogP contribution in [-0.4, -0.2) is 6.04 Å². The van der Waals surface area contributed by atoms with Crippen LogP contribution in [0.5, 0.6) is 0 Å². The Bertz CT molecular complexity index is 588. The molecule has 1 heterocycles. The van der Waals surface area contributed by atoms with Crippen LogP contribution in [-0.2, 0) is 19.4 Å². The molecule has 0 amide bonds. The average Bonchev–Trinajstić information content (AvgIpc) is 2.52. The summed E-state index contributed by atoms with van der Waals surface area (Å²) in [5.74, 6) is 0.574. The highest BCUT2D eigenvalue weighted by Crippen LogP contribution is 2.30. The minimum Gasteiger partial charge on any atom is -0.309 e. The standard InChI is InChI=1S/C20H25N/c1-3-7-16-10-11-19-15(2)20(21-14-18(19)12-16)13-17-8-5-4-6-9-17/h4-6,8-12,15,20-21H,3,7,13-14H2,1-2H3. The largest absolute Gasteiger partial charge is 0.309 e. The summed E-state index contributed by atoms with van der Waals surface area (Å²) >= 11 is 0. The van der Waals surface area contributed by atoms with E-state index in [1.165, 1.54) is 35.1 Å². The van der Waals surface area contributed by atoms with Crippen molar-refractivity contribution < 1.29 is 0 Å². The van der Waals surface area contributed by atoms with E-state index in [2.05, 4.69) is 67.7 Å². The molecule has 0 radical (unpaired) electrons. The van der Waals surface area contributed by atoms with Crippen LogP contribution in [0.25, 0.3) is 0 Å². The van der Waals surface area contributed by atoms with Crippen LogP contribution in [0.15, 0.2) is 48.5 Å². The van der Waals surface area contributed by atoms with E-state index in [9.17, 15) is 0 Å². The maximum absolute atomic E-state index is 3.74. The number of rotatable bonds is 4. The second-order valence-corrected chi connectivity index (χ2v) is 6.25. The first-order chi connectivity index (χ1) is 10.3. The monoisotopic (exact) mass is 279 g/mol. The van der Waals surface area contributed by atoms with E-state index in [-0.39, 0.29) is 0 Å². The van der Waals surface area contributed by atoms with Gasteiger partial charge in [0, 0.05) is 12.6 Å². The summed E-state index contributed by atoms with van der Waals surface area (Å²) in [6.07, 6.45) is 3.52. The van der Waals surface area contributed by atoms with Gasteiger partial charge in [0.2, 0.25) is 0 Å². The molecule has 0 spiro atoms. The van der Waals surface area contributed by atoms with Gasteiger partial charge in [-0.1, -0.05) is 68.8 Å². The molecule has 1 heteroatoms. The van der Waals surface area contributed by atoms with Gasteiger partial charge in [0.25, 0.3) is 0 Å². The third-order valence-electron chi connectivity index (χ3n) is 4.69. The van der Waals surface area contributed by atoms with Crippen molar-refractivity contribution >= 4 is 0 Å². The van der Waals surface area contributed by atoms with E-state index in [1.54, 1.807) is 0 Å². The molecule has 2 aromatic carbocycles. The lowest BCUT2D eigenvalue weighted by atomic mass is 9.82. The fourth-order valence-corrected chi connectivity index (χ4v) is 3.45. The molecule has 3 rings (SSSR count). The second-order valence-electron chi connectivity index (χ2n) is 6.25. The molecular formula is C20H25N. The van der Waals surface area contributed by atoms with Crippen molar-refractivity contribution in [2.75, 3.05) is 0 Å². The summed E-state index contributed by atoms with van der Waals surface area (Å²) in [4.78, 5) is 0. The number of fused-ring (bicyclic) bond motifs is 1. The Labute approximate surface area is 128 Å². The number of hydrogen-bond donors (Lipinski definition) is 1. The van der Waals surface area contributed by atoms with Crippen molar-refractivity contribution in [3.63, 3.8) is 0 Å². The fourth-order valence-electron chi connectivity index (χ4n) is 3.45. The fraction of sp³-hybridized carbons (Fsp3) is 0.400. The van der Waals surface area contributed by atoms with Crippen LogP contribution in [0.4, 0.5) is 0 Å². The topological polar surface area (TPSA) is 12.0 Å². The third-order valence-corrected chi connectivity index (χ3v) is 4.69. The van der Waals surface area contributed by atoms with Crippen LogP contribution in [0.2, 0.25) is 0 Å². The van der Waals surface area contributed by atoms with E-state index < -0.39 is 0 Å². The SMILES string of the molecule is CCCc1ccc2c(c1)CNC(Cc1ccccc1)C2C. The van der Waals surface area contributed by atoms with E-state index in [0.717, 1.165) is 13.0 Å². The van der Waals surface area contributed by atoms with Crippen LogP contribution in [0, 0.1) is 0 Å². The quantitative estimate of drug-likeness (QED) is 0.871. The summed E-state index contributed by atoms with van der Waals surface area (Å²) in [6.45, 7) is 5.61. The van der Waals surface area contributed by atoms with E-state index in [1.807, 2.05) is 0 Å². The molecule has 110 valence electrons. The molecular weight excluding hydrogens is 254 g/mol. The molecule has 0 saturated carbocycles. The van der Waals surface area contributed by atoms with Crippen molar-refractivity contribution in [3.8, 4) is 0 Å². The normalized spacial score (nSPS) is 21.0. The summed E-state index contributed by atoms with van der Waals surface area (Å²) in [5.41, 5.74) is 5.94. The Balaban J connectivity index is 1.77. The zero-order valence-corrected chi connectivity index (χ0v) is 13.1. The lowest BCUT2D eigenvalue weighted by molar-refractivity contribution is 0.417. The molecule has 0 bridgehead atoms. The highest BCUT2D eigenvalue weighted by molar-refractivity contribution is 5.37. The van der Waals surface area contributed by atoms with Gasteiger partial charge in [-0.2, -0.15) is 0 Å². The van der Waals surface area contributed by atoms with Gasteiger partial charge in [0.05, 0.1) is 0 Å². The lowest BCUT2D eigenvalue weighted by Gasteiger charge is -2.33. The Morgan fingerprint density at radius 3 is 2.62 bits per heavy atom. The van der Waals surface area contributed by atoms with Crippen LogP contribution >= 0.6 is 0 Å². The number of aryl methyl sites for hydroxylation is 1. The first-order valence-corrected chi connectivity index (χ1v) is 8.17. The summed E-state index contributed by atoms with van der Waals surface area (Å²) in [6, 6.07) is 18.4. The minimum atomic E-state index is 0.539. The van der Waals surface area contributed by atoms with Gasteiger partial charge < -0.3 is 5.32 Å². The first-order valence-electron chi connectivity index (χ1n) is 8.17. The smallest absolute Gasteiger partial charge is 0.0211 e. The van der Waals surface area contributed by atoms with Crippen molar-refractivity contribution in [1.29, 1.82) is 0 Å². The molecule has 2 unspecified atom stereocenters. The predicted molar refractivity (Wildman–Crippen MR) is 89.6 cm³/mol. The molecule has 0 saturated heterocycles. The van der Waals surface area contributed by atoms with Gasteiger partial charge in [0.1, 0.15) is 0 Å². The molecule has 1 aliphatic heterocycles. The second kappa shape index (κ2) is 6.44. The molecule has 2 atom stereocenters. The van der Waals surface area contributed by atoms with Crippen LogP contribution < -0.4 is 5.32 Å². The van der Waals surface area contributed by atoms with Crippen molar-refractivity contribution in [3.05, 3.63) is 70.8 Å². The number of hydrogen-bond acceptors (Lipinski definition) is 1. The molecule has 0 aliphatic carbocycles. The maximum Gasteiger partial charge on any atom is 0.0211 e. The molecule has 0 aromatic heterocycles. The Morgan fingerprint density at radius 2 is 1.86 bits per heavy atom. The van der Waals surface area contributed by atoms with Gasteiger partial charge >= 0.3 is 0 Å². The Hall–Kier alpha value is -1.60. The Morgan fingerprint density at radius 1 is 1.05 bits per heavy atom. The highest BCUT2D eigenvalue weighted by Gasteiger charge is 2.25. The van der Waals surface area contributed by atoms with Gasteiger partial charge in [-0.3, -0.25) is 0 Å². The van der Waals surface area contributed by atoms with Gasteiger partial charge in [-0.15, -0.1) is 0 Å². The molecule has 0 fully saturated rings. The number of nitrogens with one attached hydrogen (secondary N) is 1. The lowest BCUT2D eigenvalue weighted by Crippen LogP contribution is -2.39. The van der Waals surface area contributed by atoms with Gasteiger partial charge in [-0.25, -0.2) is 0 Å². The van der Waals surface area contributed by atoms with Crippen molar-refractivity contribution in [1.82, 2.24) is 5.32 Å². The van der Waals surface area contributed by atoms with E-state index in [4.69, 9.17) is 0 Å². The zero-order chi connectivity index (χ0) is 14.7. The molecule has 2 aromatic rings. The molecule has 1 nitrogen and oxygen atoms in total. The zero-order valence-electron chi connectivity index (χ0n) is 13.1. The molecule has 1 N–H and O–H groups in total. The van der Waals surface area contributed by atoms with Crippen molar-refractivity contribution in [2.45, 2.75) is 51.6 Å². The Kier molecular flexibility index (Phi) is 4.40. The predicted octanol–water partition coefficient (Wildman–Crippen LogP) is 4.46.